The van der Waals surface area contributed by atoms with Crippen LogP contribution >= 0.6 is 0 Å². The molecule has 0 rings (SSSR count). The molecule has 59 valence electrons. The molecule has 0 fully saturated rings. The van der Waals surface area contributed by atoms with E-state index < -0.39 is 0 Å². The SMILES string of the molecule is CCOC(=O)C(C)(C)C[Te]. The molecule has 0 amide bonds. The maximum atomic E-state index is 11.1. The Kier molecular flexibility index (Phi) is 4.31. The third-order valence-corrected chi connectivity index (χ3v) is 3.25. The van der Waals surface area contributed by atoms with Gasteiger partial charge in [0.25, 0.3) is 0 Å². The Bertz CT molecular complexity index is 121. The summed E-state index contributed by atoms with van der Waals surface area (Å²) in [5.41, 5.74) is -0.305. The van der Waals surface area contributed by atoms with Gasteiger partial charge in [-0.15, -0.1) is 0 Å². The van der Waals surface area contributed by atoms with E-state index in [-0.39, 0.29) is 11.4 Å². The summed E-state index contributed by atoms with van der Waals surface area (Å²) in [6.45, 7) is 6.09. The summed E-state index contributed by atoms with van der Waals surface area (Å²) in [4.78, 5) is 11.1. The molecule has 0 aliphatic heterocycles. The first-order valence-corrected chi connectivity index (χ1v) is 4.94. The van der Waals surface area contributed by atoms with Crippen molar-refractivity contribution in [3.8, 4) is 0 Å². The van der Waals surface area contributed by atoms with E-state index in [1.54, 1.807) is 0 Å². The van der Waals surface area contributed by atoms with E-state index in [9.17, 15) is 4.79 Å². The second-order valence-electron chi connectivity index (χ2n) is 2.75. The summed E-state index contributed by atoms with van der Waals surface area (Å²) < 4.78 is 5.70. The monoisotopic (exact) mass is 259 g/mol. The molecule has 1 radical (unpaired) electrons. The van der Waals surface area contributed by atoms with Gasteiger partial charge in [0, 0.05) is 0 Å². The number of ether oxygens (including phenoxy) is 1. The number of rotatable bonds is 3. The first-order valence-electron chi connectivity index (χ1n) is 3.30. The number of carbonyl (C=O) groups excluding carboxylic acids is 1. The van der Waals surface area contributed by atoms with Gasteiger partial charge in [-0.05, 0) is 0 Å². The van der Waals surface area contributed by atoms with Crippen LogP contribution < -0.4 is 0 Å². The van der Waals surface area contributed by atoms with Gasteiger partial charge in [-0.25, -0.2) is 0 Å². The van der Waals surface area contributed by atoms with Gasteiger partial charge in [0.1, 0.15) is 0 Å². The minimum atomic E-state index is -0.305. The molecule has 0 bridgehead atoms. The summed E-state index contributed by atoms with van der Waals surface area (Å²) in [5.74, 6) is -0.0970. The molecule has 10 heavy (non-hydrogen) atoms. The van der Waals surface area contributed by atoms with E-state index in [1.165, 1.54) is 0 Å². The summed E-state index contributed by atoms with van der Waals surface area (Å²) in [5, 5.41) is 0. The molecule has 0 unspecified atom stereocenters. The molecular formula is C7H13O2Te. The maximum absolute atomic E-state index is 11.1. The van der Waals surface area contributed by atoms with Crippen LogP contribution in [0.4, 0.5) is 0 Å². The van der Waals surface area contributed by atoms with Crippen molar-refractivity contribution in [2.75, 3.05) is 6.61 Å². The Morgan fingerprint density at radius 3 is 2.40 bits per heavy atom. The van der Waals surface area contributed by atoms with Crippen molar-refractivity contribution in [3.05, 3.63) is 0 Å². The van der Waals surface area contributed by atoms with Crippen LogP contribution in [0.3, 0.4) is 0 Å². The van der Waals surface area contributed by atoms with Gasteiger partial charge < -0.3 is 0 Å². The van der Waals surface area contributed by atoms with Crippen molar-refractivity contribution < 1.29 is 9.53 Å². The van der Waals surface area contributed by atoms with Crippen LogP contribution in [0.2, 0.25) is 4.47 Å². The first kappa shape index (κ1) is 10.3. The van der Waals surface area contributed by atoms with Crippen molar-refractivity contribution in [1.82, 2.24) is 0 Å². The quantitative estimate of drug-likeness (QED) is 0.560. The van der Waals surface area contributed by atoms with Crippen LogP contribution in [-0.2, 0) is 9.53 Å². The predicted octanol–water partition coefficient (Wildman–Crippen LogP) is 1.16. The van der Waals surface area contributed by atoms with Gasteiger partial charge in [-0.3, -0.25) is 0 Å². The molecule has 0 heterocycles. The molecule has 0 N–H and O–H groups in total. The van der Waals surface area contributed by atoms with Crippen LogP contribution in [-0.4, -0.2) is 34.9 Å². The molecule has 0 aromatic heterocycles. The average Bonchev–Trinajstić information content (AvgIpc) is 1.89. The first-order chi connectivity index (χ1) is 4.54. The fourth-order valence-electron chi connectivity index (χ4n) is 0.385. The number of hydrogen-bond acceptors (Lipinski definition) is 2. The molecule has 2 nitrogen and oxygen atoms in total. The van der Waals surface area contributed by atoms with Crippen LogP contribution in [0.1, 0.15) is 20.8 Å². The fraction of sp³-hybridized carbons (Fsp3) is 0.857. The van der Waals surface area contributed by atoms with Crippen LogP contribution in [0.25, 0.3) is 0 Å². The summed E-state index contributed by atoms with van der Waals surface area (Å²) in [7, 11) is 0. The normalized spacial score (nSPS) is 11.2. The molecule has 0 aliphatic rings. The molecule has 0 saturated heterocycles. The topological polar surface area (TPSA) is 26.3 Å². The predicted molar refractivity (Wildman–Crippen MR) is 41.0 cm³/mol. The second-order valence-corrected chi connectivity index (χ2v) is 3.57. The van der Waals surface area contributed by atoms with Gasteiger partial charge >= 0.3 is 75.1 Å². The Hall–Kier alpha value is 0.260. The van der Waals surface area contributed by atoms with E-state index in [2.05, 4.69) is 0 Å². The van der Waals surface area contributed by atoms with E-state index in [0.717, 1.165) is 4.47 Å². The minimum absolute atomic E-state index is 0.0970. The molecule has 0 aliphatic carbocycles. The van der Waals surface area contributed by atoms with E-state index >= 15 is 0 Å². The van der Waals surface area contributed by atoms with E-state index in [4.69, 9.17) is 4.74 Å². The zero-order chi connectivity index (χ0) is 8.20. The Morgan fingerprint density at radius 2 is 2.10 bits per heavy atom. The third kappa shape index (κ3) is 2.90. The van der Waals surface area contributed by atoms with Crippen LogP contribution in [0, 0.1) is 5.41 Å². The zero-order valence-electron chi connectivity index (χ0n) is 6.64. The van der Waals surface area contributed by atoms with Crippen molar-refractivity contribution >= 4 is 28.3 Å². The Morgan fingerprint density at radius 1 is 1.60 bits per heavy atom. The summed E-state index contributed by atoms with van der Waals surface area (Å²) >= 11 is 1.92. The average molecular weight is 257 g/mol. The Balaban J connectivity index is 3.91. The van der Waals surface area contributed by atoms with Crippen molar-refractivity contribution in [2.45, 2.75) is 25.2 Å². The van der Waals surface area contributed by atoms with E-state index in [0.29, 0.717) is 6.61 Å². The summed E-state index contributed by atoms with van der Waals surface area (Å²) in [6.07, 6.45) is 0. The molecule has 0 aromatic carbocycles. The van der Waals surface area contributed by atoms with Crippen molar-refractivity contribution in [2.24, 2.45) is 5.41 Å². The van der Waals surface area contributed by atoms with Gasteiger partial charge in [0.15, 0.2) is 0 Å². The van der Waals surface area contributed by atoms with Gasteiger partial charge in [0.2, 0.25) is 0 Å². The molecule has 0 saturated carbocycles. The molecule has 0 aromatic rings. The standard InChI is InChI=1S/C7H13O2Te/c1-4-9-6(8)7(2,3)5-10/h4-5H2,1-3H3. The molecule has 0 atom stereocenters. The van der Waals surface area contributed by atoms with Crippen LogP contribution in [0.15, 0.2) is 0 Å². The van der Waals surface area contributed by atoms with Gasteiger partial charge in [-0.2, -0.15) is 0 Å². The number of hydrogen-bond donors (Lipinski definition) is 0. The number of carbonyl (C=O) groups is 1. The van der Waals surface area contributed by atoms with E-state index in [1.807, 2.05) is 43.1 Å². The summed E-state index contributed by atoms with van der Waals surface area (Å²) in [6, 6.07) is 0. The fourth-order valence-corrected chi connectivity index (χ4v) is 0.722. The Labute approximate surface area is 75.2 Å². The molecule has 3 heteroatoms. The van der Waals surface area contributed by atoms with Crippen molar-refractivity contribution in [1.29, 1.82) is 0 Å². The third-order valence-electron chi connectivity index (χ3n) is 1.19. The number of esters is 1. The van der Waals surface area contributed by atoms with Crippen molar-refractivity contribution in [3.63, 3.8) is 0 Å². The zero-order valence-corrected chi connectivity index (χ0v) is 8.97. The molecular weight excluding hydrogens is 244 g/mol. The van der Waals surface area contributed by atoms with Gasteiger partial charge in [0.05, 0.1) is 0 Å². The van der Waals surface area contributed by atoms with Crippen LogP contribution in [0.5, 0.6) is 0 Å². The molecule has 0 spiro atoms. The second kappa shape index (κ2) is 4.20. The van der Waals surface area contributed by atoms with Gasteiger partial charge in [-0.1, -0.05) is 0 Å².